The molecule has 4 N–H and O–H groups in total. The van der Waals surface area contributed by atoms with Crippen molar-refractivity contribution in [3.63, 3.8) is 0 Å². The predicted molar refractivity (Wildman–Crippen MR) is 77.6 cm³/mol. The second-order valence-electron chi connectivity index (χ2n) is 4.10. The Hall–Kier alpha value is -2.13. The molecule has 0 bridgehead atoms. The van der Waals surface area contributed by atoms with Crippen molar-refractivity contribution in [2.24, 2.45) is 5.73 Å². The largest absolute Gasteiger partial charge is 0.357 e. The number of aromatic nitrogens is 4. The summed E-state index contributed by atoms with van der Waals surface area (Å²) in [5.41, 5.74) is 5.90. The van der Waals surface area contributed by atoms with Gasteiger partial charge >= 0.3 is 0 Å². The van der Waals surface area contributed by atoms with Gasteiger partial charge in [0.2, 0.25) is 5.91 Å². The van der Waals surface area contributed by atoms with Gasteiger partial charge in [0.25, 0.3) is 5.91 Å². The number of aromatic amines is 1. The Morgan fingerprint density at radius 2 is 2.29 bits per heavy atom. The molecule has 2 aromatic rings. The monoisotopic (exact) mass is 308 g/mol. The number of nitrogens with two attached hydrogens (primary N) is 1. The third-order valence-electron chi connectivity index (χ3n) is 2.72. The third-order valence-corrected chi connectivity index (χ3v) is 3.69. The molecule has 0 spiro atoms. The second kappa shape index (κ2) is 7.04. The summed E-state index contributed by atoms with van der Waals surface area (Å²) in [5.74, 6) is -0.0950. The Labute approximate surface area is 125 Å². The van der Waals surface area contributed by atoms with Gasteiger partial charge in [0.1, 0.15) is 11.5 Å². The normalized spacial score (nSPS) is 10.6. The number of hydrogen-bond donors (Lipinski definition) is 3. The molecule has 2 heterocycles. The van der Waals surface area contributed by atoms with E-state index in [-0.39, 0.29) is 11.7 Å². The summed E-state index contributed by atoms with van der Waals surface area (Å²) >= 11 is 1.21. The molecule has 0 atom stereocenters. The Morgan fingerprint density at radius 3 is 2.90 bits per heavy atom. The molecule has 2 amide bonds. The molecule has 9 heteroatoms. The molecule has 21 heavy (non-hydrogen) atoms. The van der Waals surface area contributed by atoms with E-state index in [1.165, 1.54) is 11.8 Å². The maximum Gasteiger partial charge on any atom is 0.274 e. The highest BCUT2D eigenvalue weighted by atomic mass is 32.2. The zero-order chi connectivity index (χ0) is 15.2. The number of nitrogens with one attached hydrogen (secondary N) is 2. The van der Waals surface area contributed by atoms with E-state index in [4.69, 9.17) is 5.73 Å². The van der Waals surface area contributed by atoms with Crippen molar-refractivity contribution in [3.8, 4) is 0 Å². The van der Waals surface area contributed by atoms with Crippen molar-refractivity contribution >= 4 is 23.6 Å². The standard InChI is InChI=1S/C12H16N6O2S/c1-2-18-9(6-13)16-17-12(18)21-7-10(19)15-11(20)8-4-3-5-14-8/h3-5,14H,2,6-7,13H2,1H3,(H,15,19,20). The summed E-state index contributed by atoms with van der Waals surface area (Å²) in [6.07, 6.45) is 1.62. The summed E-state index contributed by atoms with van der Waals surface area (Å²) in [4.78, 5) is 26.2. The molecule has 0 saturated carbocycles. The molecular formula is C12H16N6O2S. The zero-order valence-corrected chi connectivity index (χ0v) is 12.3. The van der Waals surface area contributed by atoms with Crippen LogP contribution in [0.1, 0.15) is 23.2 Å². The summed E-state index contributed by atoms with van der Waals surface area (Å²) < 4.78 is 1.84. The van der Waals surface area contributed by atoms with Crippen molar-refractivity contribution in [2.75, 3.05) is 5.75 Å². The van der Waals surface area contributed by atoms with Gasteiger partial charge in [-0.25, -0.2) is 0 Å². The summed E-state index contributed by atoms with van der Waals surface area (Å²) in [7, 11) is 0. The van der Waals surface area contributed by atoms with Gasteiger partial charge in [-0.2, -0.15) is 0 Å². The van der Waals surface area contributed by atoms with Crippen LogP contribution in [-0.4, -0.2) is 37.3 Å². The minimum atomic E-state index is -0.454. The van der Waals surface area contributed by atoms with Crippen molar-refractivity contribution in [2.45, 2.75) is 25.2 Å². The van der Waals surface area contributed by atoms with Gasteiger partial charge in [-0.1, -0.05) is 11.8 Å². The van der Waals surface area contributed by atoms with Gasteiger partial charge in [-0.3, -0.25) is 14.9 Å². The predicted octanol–water partition coefficient (Wildman–Crippen LogP) is 0.134. The van der Waals surface area contributed by atoms with Crippen LogP contribution in [0.25, 0.3) is 0 Å². The average molecular weight is 308 g/mol. The molecule has 0 unspecified atom stereocenters. The molecule has 0 aliphatic rings. The summed E-state index contributed by atoms with van der Waals surface area (Å²) in [5, 5.41) is 10.8. The zero-order valence-electron chi connectivity index (χ0n) is 11.5. The minimum Gasteiger partial charge on any atom is -0.357 e. The first-order valence-corrected chi connectivity index (χ1v) is 7.36. The first kappa shape index (κ1) is 15.3. The fourth-order valence-corrected chi connectivity index (χ4v) is 2.55. The Balaban J connectivity index is 1.89. The van der Waals surface area contributed by atoms with Crippen LogP contribution in [0.4, 0.5) is 0 Å². The van der Waals surface area contributed by atoms with E-state index < -0.39 is 5.91 Å². The highest BCUT2D eigenvalue weighted by Gasteiger charge is 2.14. The van der Waals surface area contributed by atoms with E-state index in [9.17, 15) is 9.59 Å². The molecule has 0 fully saturated rings. The van der Waals surface area contributed by atoms with Crippen molar-refractivity contribution in [1.82, 2.24) is 25.1 Å². The maximum atomic E-state index is 11.7. The lowest BCUT2D eigenvalue weighted by molar-refractivity contribution is -0.117. The summed E-state index contributed by atoms with van der Waals surface area (Å²) in [6.45, 7) is 2.91. The number of rotatable bonds is 6. The first-order valence-electron chi connectivity index (χ1n) is 6.38. The molecule has 8 nitrogen and oxygen atoms in total. The molecule has 112 valence electrons. The number of carbonyl (C=O) groups excluding carboxylic acids is 2. The number of thioether (sulfide) groups is 1. The number of H-pyrrole nitrogens is 1. The molecule has 0 radical (unpaired) electrons. The van der Waals surface area contributed by atoms with Crippen molar-refractivity contribution < 1.29 is 9.59 Å². The lowest BCUT2D eigenvalue weighted by Crippen LogP contribution is -2.32. The van der Waals surface area contributed by atoms with E-state index >= 15 is 0 Å². The Bertz CT molecular complexity index is 622. The maximum absolute atomic E-state index is 11.7. The van der Waals surface area contributed by atoms with Crippen molar-refractivity contribution in [1.29, 1.82) is 0 Å². The second-order valence-corrected chi connectivity index (χ2v) is 5.04. The highest BCUT2D eigenvalue weighted by Crippen LogP contribution is 2.16. The Morgan fingerprint density at radius 1 is 1.48 bits per heavy atom. The van der Waals surface area contributed by atoms with Gasteiger partial charge < -0.3 is 15.3 Å². The lowest BCUT2D eigenvalue weighted by atomic mass is 10.4. The van der Waals surface area contributed by atoms with Gasteiger partial charge in [-0.15, -0.1) is 10.2 Å². The van der Waals surface area contributed by atoms with Crippen LogP contribution in [0.2, 0.25) is 0 Å². The van der Waals surface area contributed by atoms with E-state index in [1.54, 1.807) is 18.3 Å². The fraction of sp³-hybridized carbons (Fsp3) is 0.333. The minimum absolute atomic E-state index is 0.0785. The third kappa shape index (κ3) is 3.70. The van der Waals surface area contributed by atoms with Gasteiger partial charge in [0.05, 0.1) is 12.3 Å². The quantitative estimate of drug-likeness (QED) is 0.653. The number of hydrogen-bond acceptors (Lipinski definition) is 6. The number of amides is 2. The highest BCUT2D eigenvalue weighted by molar-refractivity contribution is 7.99. The van der Waals surface area contributed by atoms with Gasteiger partial charge in [0, 0.05) is 12.7 Å². The summed E-state index contributed by atoms with van der Waals surface area (Å²) in [6, 6.07) is 3.28. The van der Waals surface area contributed by atoms with Gasteiger partial charge in [-0.05, 0) is 19.1 Å². The van der Waals surface area contributed by atoms with Crippen LogP contribution in [-0.2, 0) is 17.9 Å². The van der Waals surface area contributed by atoms with Crippen molar-refractivity contribution in [3.05, 3.63) is 29.8 Å². The van der Waals surface area contributed by atoms with Crippen LogP contribution in [0.3, 0.4) is 0 Å². The lowest BCUT2D eigenvalue weighted by Gasteiger charge is -2.05. The average Bonchev–Trinajstić information content (AvgIpc) is 3.13. The molecule has 0 aliphatic carbocycles. The van der Waals surface area contributed by atoms with Crippen LogP contribution in [0, 0.1) is 0 Å². The van der Waals surface area contributed by atoms with E-state index in [0.29, 0.717) is 29.8 Å². The van der Waals surface area contributed by atoms with Crippen LogP contribution >= 0.6 is 11.8 Å². The topological polar surface area (TPSA) is 119 Å². The van der Waals surface area contributed by atoms with Crippen LogP contribution < -0.4 is 11.1 Å². The number of nitrogens with zero attached hydrogens (tertiary/aromatic N) is 3. The molecule has 0 aromatic carbocycles. The first-order chi connectivity index (χ1) is 10.2. The van der Waals surface area contributed by atoms with E-state index in [0.717, 1.165) is 0 Å². The molecule has 0 aliphatic heterocycles. The molecule has 2 aromatic heterocycles. The smallest absolute Gasteiger partial charge is 0.274 e. The molecule has 0 saturated heterocycles. The van der Waals surface area contributed by atoms with Gasteiger partial charge in [0.15, 0.2) is 5.16 Å². The molecular weight excluding hydrogens is 292 g/mol. The number of imide groups is 1. The van der Waals surface area contributed by atoms with Crippen LogP contribution in [0.5, 0.6) is 0 Å². The van der Waals surface area contributed by atoms with E-state index in [2.05, 4.69) is 20.5 Å². The number of carbonyl (C=O) groups is 2. The van der Waals surface area contributed by atoms with E-state index in [1.807, 2.05) is 11.5 Å². The Kier molecular flexibility index (Phi) is 5.12. The fourth-order valence-electron chi connectivity index (χ4n) is 1.73. The molecule has 2 rings (SSSR count). The SMILES string of the molecule is CCn1c(CN)nnc1SCC(=O)NC(=O)c1ccc[nH]1. The van der Waals surface area contributed by atoms with Crippen LogP contribution in [0.15, 0.2) is 23.5 Å².